The van der Waals surface area contributed by atoms with Crippen LogP contribution < -0.4 is 0 Å². The van der Waals surface area contributed by atoms with Gasteiger partial charge in [-0.05, 0) is 47.0 Å². The summed E-state index contributed by atoms with van der Waals surface area (Å²) in [7, 11) is 0. The van der Waals surface area contributed by atoms with E-state index >= 15 is 0 Å². The highest BCUT2D eigenvalue weighted by molar-refractivity contribution is 6.69. The van der Waals surface area contributed by atoms with Crippen molar-refractivity contribution in [3.63, 3.8) is 0 Å². The molecule has 0 fully saturated rings. The van der Waals surface area contributed by atoms with Crippen LogP contribution in [0.3, 0.4) is 0 Å². The van der Waals surface area contributed by atoms with Gasteiger partial charge in [-0.2, -0.15) is 0 Å². The lowest BCUT2D eigenvalue weighted by atomic mass is 10.1. The van der Waals surface area contributed by atoms with Crippen LogP contribution in [0.25, 0.3) is 0 Å². The zero-order valence-electron chi connectivity index (χ0n) is 7.21. The van der Waals surface area contributed by atoms with E-state index in [0.717, 1.165) is 0 Å². The lowest BCUT2D eigenvalue weighted by Gasteiger charge is -2.06. The molecule has 1 aromatic rings. The summed E-state index contributed by atoms with van der Waals surface area (Å²) >= 11 is 15.9. The average molecular weight is 267 g/mol. The SMILES string of the molecule is O=C(Cl)c1cc(C(=O)Cl)cc(C(O)Cl)c1. The molecule has 0 heterocycles. The molecule has 1 aromatic carbocycles. The van der Waals surface area contributed by atoms with Crippen LogP contribution in [0.5, 0.6) is 0 Å². The summed E-state index contributed by atoms with van der Waals surface area (Å²) in [6, 6.07) is 3.81. The highest BCUT2D eigenvalue weighted by atomic mass is 35.5. The Hall–Kier alpha value is -0.610. The van der Waals surface area contributed by atoms with Crippen molar-refractivity contribution in [3.05, 3.63) is 34.9 Å². The van der Waals surface area contributed by atoms with Crippen LogP contribution in [0.15, 0.2) is 18.2 Å². The van der Waals surface area contributed by atoms with E-state index in [1.165, 1.54) is 18.2 Å². The molecule has 0 saturated carbocycles. The molecule has 0 saturated heterocycles. The van der Waals surface area contributed by atoms with Crippen molar-refractivity contribution in [2.45, 2.75) is 5.56 Å². The summed E-state index contributed by atoms with van der Waals surface area (Å²) in [5.41, 5.74) is -1.03. The number of carbonyl (C=O) groups is 2. The molecule has 1 N–H and O–H groups in total. The molecule has 15 heavy (non-hydrogen) atoms. The zero-order valence-corrected chi connectivity index (χ0v) is 9.47. The van der Waals surface area contributed by atoms with E-state index in [4.69, 9.17) is 39.9 Å². The maximum Gasteiger partial charge on any atom is 0.252 e. The van der Waals surface area contributed by atoms with Crippen LogP contribution in [-0.4, -0.2) is 15.6 Å². The van der Waals surface area contributed by atoms with Gasteiger partial charge in [0.15, 0.2) is 5.56 Å². The molecule has 0 aliphatic heterocycles. The topological polar surface area (TPSA) is 54.4 Å². The van der Waals surface area contributed by atoms with Gasteiger partial charge in [0.1, 0.15) is 0 Å². The van der Waals surface area contributed by atoms with Crippen LogP contribution in [0, 0.1) is 0 Å². The Labute approximate surface area is 101 Å². The molecule has 0 bridgehead atoms. The number of alkyl halides is 1. The van der Waals surface area contributed by atoms with Gasteiger partial charge in [0.25, 0.3) is 10.5 Å². The predicted molar refractivity (Wildman–Crippen MR) is 57.6 cm³/mol. The summed E-state index contributed by atoms with van der Waals surface area (Å²) in [6.45, 7) is 0. The monoisotopic (exact) mass is 266 g/mol. The Balaban J connectivity index is 3.32. The van der Waals surface area contributed by atoms with Gasteiger partial charge in [0.2, 0.25) is 0 Å². The summed E-state index contributed by atoms with van der Waals surface area (Å²) in [4.78, 5) is 21.8. The van der Waals surface area contributed by atoms with Crippen molar-refractivity contribution in [2.75, 3.05) is 0 Å². The fourth-order valence-corrected chi connectivity index (χ4v) is 1.36. The molecular weight excluding hydrogens is 262 g/mol. The third-order valence-electron chi connectivity index (χ3n) is 1.68. The van der Waals surface area contributed by atoms with Crippen molar-refractivity contribution >= 4 is 45.3 Å². The van der Waals surface area contributed by atoms with Gasteiger partial charge in [-0.3, -0.25) is 9.59 Å². The number of carbonyl (C=O) groups excluding carboxylic acids is 2. The second-order valence-corrected chi connectivity index (χ2v) is 3.83. The smallest absolute Gasteiger partial charge is 0.252 e. The highest BCUT2D eigenvalue weighted by Crippen LogP contribution is 2.22. The second-order valence-electron chi connectivity index (χ2n) is 2.73. The average Bonchev–Trinajstić information content (AvgIpc) is 2.16. The standard InChI is InChI=1S/C9H5Cl3O3/c10-7(13)4-1-5(8(11)14)3-6(2-4)9(12)15/h1-3,7,13H. The minimum atomic E-state index is -1.32. The summed E-state index contributed by atoms with van der Waals surface area (Å²) in [5.74, 6) is 0. The van der Waals surface area contributed by atoms with Crippen LogP contribution in [-0.2, 0) is 0 Å². The third kappa shape index (κ3) is 3.18. The number of rotatable bonds is 3. The molecule has 0 amide bonds. The van der Waals surface area contributed by atoms with E-state index in [1.54, 1.807) is 0 Å². The maximum atomic E-state index is 10.9. The first-order chi connectivity index (χ1) is 6.91. The molecule has 1 rings (SSSR count). The first-order valence-corrected chi connectivity index (χ1v) is 4.98. The first kappa shape index (κ1) is 12.5. The third-order valence-corrected chi connectivity index (χ3v) is 2.37. The van der Waals surface area contributed by atoms with Crippen molar-refractivity contribution in [3.8, 4) is 0 Å². The molecule has 0 spiro atoms. The van der Waals surface area contributed by atoms with Gasteiger partial charge in [0.05, 0.1) is 0 Å². The van der Waals surface area contributed by atoms with Gasteiger partial charge < -0.3 is 5.11 Å². The fraction of sp³-hybridized carbons (Fsp3) is 0.111. The van der Waals surface area contributed by atoms with Crippen molar-refractivity contribution in [1.29, 1.82) is 0 Å². The molecule has 80 valence electrons. The lowest BCUT2D eigenvalue weighted by Crippen LogP contribution is -1.99. The van der Waals surface area contributed by atoms with E-state index in [1.807, 2.05) is 0 Å². The molecule has 0 aliphatic rings. The molecule has 3 nitrogen and oxygen atoms in total. The van der Waals surface area contributed by atoms with Gasteiger partial charge in [-0.25, -0.2) is 0 Å². The zero-order chi connectivity index (χ0) is 11.6. The second kappa shape index (κ2) is 4.94. The quantitative estimate of drug-likeness (QED) is 0.676. The highest BCUT2D eigenvalue weighted by Gasteiger charge is 2.13. The van der Waals surface area contributed by atoms with Gasteiger partial charge in [-0.15, -0.1) is 0 Å². The number of benzene rings is 1. The van der Waals surface area contributed by atoms with Crippen molar-refractivity contribution < 1.29 is 14.7 Å². The Kier molecular flexibility index (Phi) is 4.11. The maximum absolute atomic E-state index is 10.9. The van der Waals surface area contributed by atoms with Gasteiger partial charge in [0, 0.05) is 11.1 Å². The number of aliphatic hydroxyl groups is 1. The number of halogens is 3. The Morgan fingerprint density at radius 3 is 1.73 bits per heavy atom. The normalized spacial score (nSPS) is 12.3. The van der Waals surface area contributed by atoms with Crippen LogP contribution >= 0.6 is 34.8 Å². The Morgan fingerprint density at radius 1 is 1.07 bits per heavy atom. The first-order valence-electron chi connectivity index (χ1n) is 3.78. The van der Waals surface area contributed by atoms with Gasteiger partial charge >= 0.3 is 0 Å². The van der Waals surface area contributed by atoms with Crippen LogP contribution in [0.2, 0.25) is 0 Å². The van der Waals surface area contributed by atoms with Gasteiger partial charge in [-0.1, -0.05) is 11.6 Å². The molecule has 6 heteroatoms. The van der Waals surface area contributed by atoms with E-state index in [9.17, 15) is 9.59 Å². The number of hydrogen-bond donors (Lipinski definition) is 1. The van der Waals surface area contributed by atoms with E-state index in [2.05, 4.69) is 0 Å². The molecule has 1 atom stereocenters. The number of hydrogen-bond acceptors (Lipinski definition) is 3. The molecule has 1 unspecified atom stereocenters. The van der Waals surface area contributed by atoms with E-state index < -0.39 is 16.0 Å². The minimum absolute atomic E-state index is 0.0536. The van der Waals surface area contributed by atoms with E-state index in [0.29, 0.717) is 0 Å². The van der Waals surface area contributed by atoms with Crippen molar-refractivity contribution in [2.24, 2.45) is 0 Å². The Morgan fingerprint density at radius 2 is 1.47 bits per heavy atom. The molecule has 0 radical (unpaired) electrons. The summed E-state index contributed by atoms with van der Waals surface area (Å²) in [5, 5.41) is 7.58. The Bertz CT molecular complexity index is 383. The predicted octanol–water partition coefficient (Wildman–Crippen LogP) is 2.67. The van der Waals surface area contributed by atoms with Crippen molar-refractivity contribution in [1.82, 2.24) is 0 Å². The summed E-state index contributed by atoms with van der Waals surface area (Å²) < 4.78 is 0. The fourth-order valence-electron chi connectivity index (χ4n) is 1.02. The lowest BCUT2D eigenvalue weighted by molar-refractivity contribution is 0.108. The largest absolute Gasteiger partial charge is 0.373 e. The van der Waals surface area contributed by atoms with Crippen LogP contribution in [0.1, 0.15) is 31.8 Å². The molecule has 0 aliphatic carbocycles. The van der Waals surface area contributed by atoms with E-state index in [-0.39, 0.29) is 16.7 Å². The molecule has 0 aromatic heterocycles. The molecular formula is C9H5Cl3O3. The van der Waals surface area contributed by atoms with Crippen LogP contribution in [0.4, 0.5) is 0 Å². The minimum Gasteiger partial charge on any atom is -0.373 e. The summed E-state index contributed by atoms with van der Waals surface area (Å²) in [6.07, 6.45) is 0. The number of aliphatic hydroxyl groups excluding tert-OH is 1.